The van der Waals surface area contributed by atoms with Crippen molar-refractivity contribution in [2.75, 3.05) is 18.2 Å². The number of nitriles is 1. The van der Waals surface area contributed by atoms with Crippen molar-refractivity contribution in [1.29, 1.82) is 5.26 Å². The van der Waals surface area contributed by atoms with E-state index in [4.69, 9.17) is 9.72 Å². The number of carbonyl (C=O) groups is 1. The summed E-state index contributed by atoms with van der Waals surface area (Å²) in [5.74, 6) is 0.492. The van der Waals surface area contributed by atoms with Crippen molar-refractivity contribution in [3.05, 3.63) is 70.7 Å². The van der Waals surface area contributed by atoms with E-state index in [9.17, 15) is 10.1 Å². The van der Waals surface area contributed by atoms with E-state index in [1.54, 1.807) is 7.11 Å². The molecule has 0 saturated heterocycles. The second-order valence-corrected chi connectivity index (χ2v) is 9.63. The molecule has 0 atom stereocenters. The molecule has 35 heavy (non-hydrogen) atoms. The van der Waals surface area contributed by atoms with E-state index in [0.717, 1.165) is 28.1 Å². The number of hydrogen-bond donors (Lipinski definition) is 1. The average molecular weight is 502 g/mol. The Morgan fingerprint density at radius 1 is 1.14 bits per heavy atom. The Bertz CT molecular complexity index is 1390. The molecule has 0 saturated carbocycles. The first kappa shape index (κ1) is 24.4. The van der Waals surface area contributed by atoms with Gasteiger partial charge in [0.2, 0.25) is 11.0 Å². The van der Waals surface area contributed by atoms with Crippen molar-refractivity contribution in [3.8, 4) is 34.2 Å². The van der Waals surface area contributed by atoms with Crippen LogP contribution in [0.25, 0.3) is 22.4 Å². The van der Waals surface area contributed by atoms with Gasteiger partial charge in [0.1, 0.15) is 21.9 Å². The monoisotopic (exact) mass is 501 g/mol. The molecule has 0 aliphatic heterocycles. The van der Waals surface area contributed by atoms with Crippen molar-refractivity contribution in [2.45, 2.75) is 25.3 Å². The number of thioether (sulfide) groups is 1. The molecule has 0 unspecified atom stereocenters. The third-order valence-corrected chi connectivity index (χ3v) is 7.16. The van der Waals surface area contributed by atoms with E-state index in [1.807, 2.05) is 68.4 Å². The average Bonchev–Trinajstić information content (AvgIpc) is 3.34. The van der Waals surface area contributed by atoms with E-state index in [1.165, 1.54) is 23.1 Å². The van der Waals surface area contributed by atoms with Crippen LogP contribution in [0.15, 0.2) is 59.6 Å². The zero-order chi connectivity index (χ0) is 24.8. The molecule has 2 aromatic heterocycles. The van der Waals surface area contributed by atoms with Gasteiger partial charge >= 0.3 is 0 Å². The second-order valence-electron chi connectivity index (χ2n) is 7.60. The summed E-state index contributed by atoms with van der Waals surface area (Å²) < 4.78 is 5.56. The zero-order valence-electron chi connectivity index (χ0n) is 19.5. The van der Waals surface area contributed by atoms with Gasteiger partial charge in [0.25, 0.3) is 0 Å². The summed E-state index contributed by atoms with van der Waals surface area (Å²) in [6.45, 7) is 4.01. The third kappa shape index (κ3) is 5.67. The SMILES string of the molecule is CCc1nnc(NC(=O)CSc2nc(-c3ccc(C)cc3)cc(-c3ccccc3OC)c2C#N)s1. The van der Waals surface area contributed by atoms with Crippen LogP contribution in [0, 0.1) is 18.3 Å². The van der Waals surface area contributed by atoms with Crippen LogP contribution in [0.5, 0.6) is 5.75 Å². The van der Waals surface area contributed by atoms with Crippen LogP contribution < -0.4 is 10.1 Å². The summed E-state index contributed by atoms with van der Waals surface area (Å²) >= 11 is 2.57. The predicted molar refractivity (Wildman–Crippen MR) is 140 cm³/mol. The molecule has 0 spiro atoms. The molecule has 0 bridgehead atoms. The van der Waals surface area contributed by atoms with Crippen LogP contribution in [-0.4, -0.2) is 34.0 Å². The smallest absolute Gasteiger partial charge is 0.236 e. The quantitative estimate of drug-likeness (QED) is 0.307. The number of hydrogen-bond acceptors (Lipinski definition) is 8. The number of pyridine rings is 1. The molecule has 2 heterocycles. The number of ether oxygens (including phenoxy) is 1. The molecule has 1 amide bonds. The largest absolute Gasteiger partial charge is 0.496 e. The molecular formula is C26H23N5O2S2. The zero-order valence-corrected chi connectivity index (χ0v) is 21.2. The first-order valence-corrected chi connectivity index (χ1v) is 12.7. The number of aryl methyl sites for hydroxylation is 2. The van der Waals surface area contributed by atoms with Gasteiger partial charge in [0.05, 0.1) is 24.1 Å². The summed E-state index contributed by atoms with van der Waals surface area (Å²) in [4.78, 5) is 17.4. The number of carbonyl (C=O) groups excluding carboxylic acids is 1. The number of benzene rings is 2. The summed E-state index contributed by atoms with van der Waals surface area (Å²) in [6, 6.07) is 19.8. The molecule has 0 radical (unpaired) electrons. The van der Waals surface area contributed by atoms with Crippen molar-refractivity contribution in [1.82, 2.24) is 15.2 Å². The highest BCUT2D eigenvalue weighted by molar-refractivity contribution is 8.00. The predicted octanol–water partition coefficient (Wildman–Crippen LogP) is 5.75. The lowest BCUT2D eigenvalue weighted by Crippen LogP contribution is -2.14. The number of nitrogens with one attached hydrogen (secondary N) is 1. The molecule has 0 fully saturated rings. The van der Waals surface area contributed by atoms with Crippen LogP contribution >= 0.6 is 23.1 Å². The number of rotatable bonds is 8. The van der Waals surface area contributed by atoms with Crippen molar-refractivity contribution < 1.29 is 9.53 Å². The summed E-state index contributed by atoms with van der Waals surface area (Å²) in [5.41, 5.74) is 4.66. The molecule has 9 heteroatoms. The lowest BCUT2D eigenvalue weighted by molar-refractivity contribution is -0.113. The molecule has 1 N–H and O–H groups in total. The summed E-state index contributed by atoms with van der Waals surface area (Å²) in [6.07, 6.45) is 0.759. The standard InChI is InChI=1S/C26H23N5O2S2/c1-4-24-30-31-26(35-24)29-23(32)15-34-25-20(14-27)19(18-7-5-6-8-22(18)33-3)13-21(28-25)17-11-9-16(2)10-12-17/h5-13H,4,15H2,1-3H3,(H,29,31,32). The number of methoxy groups -OCH3 is 1. The van der Waals surface area contributed by atoms with Crippen LogP contribution in [0.4, 0.5) is 5.13 Å². The highest BCUT2D eigenvalue weighted by atomic mass is 32.2. The normalized spacial score (nSPS) is 10.6. The maximum Gasteiger partial charge on any atom is 0.236 e. The van der Waals surface area contributed by atoms with E-state index in [0.29, 0.717) is 32.7 Å². The lowest BCUT2D eigenvalue weighted by Gasteiger charge is -2.14. The molecular weight excluding hydrogens is 478 g/mol. The van der Waals surface area contributed by atoms with E-state index in [-0.39, 0.29) is 11.7 Å². The maximum absolute atomic E-state index is 12.6. The third-order valence-electron chi connectivity index (χ3n) is 5.20. The van der Waals surface area contributed by atoms with Gasteiger partial charge in [-0.1, -0.05) is 78.1 Å². The van der Waals surface area contributed by atoms with Gasteiger partial charge in [-0.25, -0.2) is 4.98 Å². The molecule has 0 aliphatic carbocycles. The van der Waals surface area contributed by atoms with Gasteiger partial charge in [-0.15, -0.1) is 10.2 Å². The Kier molecular flexibility index (Phi) is 7.75. The Morgan fingerprint density at radius 2 is 1.91 bits per heavy atom. The Morgan fingerprint density at radius 3 is 2.60 bits per heavy atom. The maximum atomic E-state index is 12.6. The first-order chi connectivity index (χ1) is 17.0. The molecule has 176 valence electrons. The molecule has 2 aromatic carbocycles. The number of anilines is 1. The minimum absolute atomic E-state index is 0.0748. The fourth-order valence-electron chi connectivity index (χ4n) is 3.42. The minimum Gasteiger partial charge on any atom is -0.496 e. The molecule has 4 rings (SSSR count). The van der Waals surface area contributed by atoms with Crippen molar-refractivity contribution in [3.63, 3.8) is 0 Å². The number of para-hydroxylation sites is 1. The van der Waals surface area contributed by atoms with Gasteiger partial charge in [0.15, 0.2) is 0 Å². The molecule has 7 nitrogen and oxygen atoms in total. The minimum atomic E-state index is -0.237. The van der Waals surface area contributed by atoms with E-state index >= 15 is 0 Å². The number of amides is 1. The van der Waals surface area contributed by atoms with Crippen LogP contribution in [0.2, 0.25) is 0 Å². The lowest BCUT2D eigenvalue weighted by atomic mass is 9.98. The topological polar surface area (TPSA) is 101 Å². The highest BCUT2D eigenvalue weighted by Crippen LogP contribution is 2.38. The van der Waals surface area contributed by atoms with E-state index < -0.39 is 0 Å². The van der Waals surface area contributed by atoms with Gasteiger partial charge < -0.3 is 4.74 Å². The fraction of sp³-hybridized carbons (Fsp3) is 0.192. The van der Waals surface area contributed by atoms with Crippen molar-refractivity contribution >= 4 is 34.1 Å². The van der Waals surface area contributed by atoms with E-state index in [2.05, 4.69) is 21.6 Å². The summed E-state index contributed by atoms with van der Waals surface area (Å²) in [7, 11) is 1.60. The van der Waals surface area contributed by atoms with Crippen LogP contribution in [0.3, 0.4) is 0 Å². The van der Waals surface area contributed by atoms with Gasteiger partial charge in [-0.2, -0.15) is 5.26 Å². The van der Waals surface area contributed by atoms with Crippen LogP contribution in [0.1, 0.15) is 23.1 Å². The number of aromatic nitrogens is 3. The van der Waals surface area contributed by atoms with Gasteiger partial charge in [-0.3, -0.25) is 10.1 Å². The van der Waals surface area contributed by atoms with Gasteiger partial charge in [-0.05, 0) is 25.5 Å². The summed E-state index contributed by atoms with van der Waals surface area (Å²) in [5, 5.41) is 22.7. The molecule has 4 aromatic rings. The first-order valence-electron chi connectivity index (χ1n) is 10.9. The van der Waals surface area contributed by atoms with Crippen LogP contribution in [-0.2, 0) is 11.2 Å². The molecule has 0 aliphatic rings. The van der Waals surface area contributed by atoms with Gasteiger partial charge in [0, 0.05) is 16.7 Å². The number of nitrogens with zero attached hydrogens (tertiary/aromatic N) is 4. The Hall–Kier alpha value is -3.74. The fourth-order valence-corrected chi connectivity index (χ4v) is 4.92. The highest BCUT2D eigenvalue weighted by Gasteiger charge is 2.19. The Labute approximate surface area is 212 Å². The Balaban J connectivity index is 1.72. The van der Waals surface area contributed by atoms with Crippen molar-refractivity contribution in [2.24, 2.45) is 0 Å². The second kappa shape index (κ2) is 11.1.